The predicted molar refractivity (Wildman–Crippen MR) is 93.2 cm³/mol. The van der Waals surface area contributed by atoms with Gasteiger partial charge < -0.3 is 10.2 Å². The second kappa shape index (κ2) is 7.27. The van der Waals surface area contributed by atoms with Crippen LogP contribution in [0.2, 0.25) is 0 Å². The van der Waals surface area contributed by atoms with Crippen LogP contribution in [0.5, 0.6) is 0 Å². The molecule has 0 spiro atoms. The first-order valence-electron chi connectivity index (χ1n) is 8.17. The van der Waals surface area contributed by atoms with Crippen molar-refractivity contribution in [2.45, 2.75) is 34.6 Å². The van der Waals surface area contributed by atoms with Crippen LogP contribution in [0.15, 0.2) is 12.3 Å². The van der Waals surface area contributed by atoms with Gasteiger partial charge in [-0.1, -0.05) is 34.6 Å². The molecule has 1 saturated heterocycles. The van der Waals surface area contributed by atoms with Gasteiger partial charge in [-0.05, 0) is 17.4 Å². The second-order valence-corrected chi connectivity index (χ2v) is 7.62. The molecule has 0 amide bonds. The maximum atomic E-state index is 4.67. The largest absolute Gasteiger partial charge is 0.354 e. The van der Waals surface area contributed by atoms with Gasteiger partial charge in [0.2, 0.25) is 5.95 Å². The highest BCUT2D eigenvalue weighted by atomic mass is 15.3. The van der Waals surface area contributed by atoms with Crippen LogP contribution in [-0.4, -0.2) is 54.1 Å². The molecule has 1 N–H and O–H groups in total. The van der Waals surface area contributed by atoms with Gasteiger partial charge in [0, 0.05) is 45.5 Å². The highest BCUT2D eigenvalue weighted by Gasteiger charge is 2.19. The lowest BCUT2D eigenvalue weighted by Gasteiger charge is -2.36. The molecular formula is C17H30N5. The van der Waals surface area contributed by atoms with E-state index in [4.69, 9.17) is 0 Å². The zero-order valence-corrected chi connectivity index (χ0v) is 14.7. The van der Waals surface area contributed by atoms with E-state index in [0.29, 0.717) is 0 Å². The maximum absolute atomic E-state index is 4.67. The molecule has 1 radical (unpaired) electrons. The monoisotopic (exact) mass is 304 g/mol. The minimum atomic E-state index is 0.222. The lowest BCUT2D eigenvalue weighted by Crippen LogP contribution is -2.47. The third-order valence-corrected chi connectivity index (χ3v) is 3.65. The topological polar surface area (TPSA) is 44.3 Å². The lowest BCUT2D eigenvalue weighted by atomic mass is 9.97. The summed E-state index contributed by atoms with van der Waals surface area (Å²) >= 11 is 0. The quantitative estimate of drug-likeness (QED) is 0.906. The van der Waals surface area contributed by atoms with Crippen LogP contribution >= 0.6 is 0 Å². The fraction of sp³-hybridized carbons (Fsp3) is 0.706. The standard InChI is InChI=1S/C17H30N5/c1-14(2)12-21-8-10-22(11-9-21)15-6-7-18-16(20-15)19-13-17(3,4)5/h6-7H,8-13H2,1-5H3,(H,18,19,20). The summed E-state index contributed by atoms with van der Waals surface area (Å²) in [6, 6.07) is 2.01. The number of rotatable bonds is 5. The normalized spacial score (nSPS) is 17.1. The average Bonchev–Trinajstić information content (AvgIpc) is 2.45. The first-order valence-corrected chi connectivity index (χ1v) is 8.17. The Labute approximate surface area is 135 Å². The summed E-state index contributed by atoms with van der Waals surface area (Å²) in [5.74, 6) is 3.24. The molecule has 1 aromatic heterocycles. The minimum Gasteiger partial charge on any atom is -0.354 e. The Hall–Kier alpha value is -1.36. The molecule has 0 aliphatic carbocycles. The molecule has 123 valence electrons. The molecule has 1 aliphatic heterocycles. The van der Waals surface area contributed by atoms with E-state index in [1.54, 1.807) is 0 Å². The van der Waals surface area contributed by atoms with E-state index in [1.165, 1.54) is 5.92 Å². The Balaban J connectivity index is 1.90. The SMILES string of the molecule is C[C](C)CN1CCN(c2ccnc(NCC(C)(C)C)n2)CC1. The summed E-state index contributed by atoms with van der Waals surface area (Å²) < 4.78 is 0. The number of nitrogens with one attached hydrogen (secondary N) is 1. The Morgan fingerprint density at radius 1 is 1.18 bits per heavy atom. The van der Waals surface area contributed by atoms with Crippen molar-refractivity contribution in [3.05, 3.63) is 18.2 Å². The number of anilines is 2. The number of piperazine rings is 1. The predicted octanol–water partition coefficient (Wildman–Crippen LogP) is 2.67. The van der Waals surface area contributed by atoms with E-state index in [-0.39, 0.29) is 5.41 Å². The van der Waals surface area contributed by atoms with Crippen LogP contribution in [0.3, 0.4) is 0 Å². The molecule has 1 aliphatic rings. The lowest BCUT2D eigenvalue weighted by molar-refractivity contribution is 0.267. The van der Waals surface area contributed by atoms with E-state index >= 15 is 0 Å². The second-order valence-electron chi connectivity index (χ2n) is 7.62. The highest BCUT2D eigenvalue weighted by molar-refractivity contribution is 5.43. The fourth-order valence-corrected chi connectivity index (χ4v) is 2.54. The van der Waals surface area contributed by atoms with Gasteiger partial charge in [0.1, 0.15) is 5.82 Å². The average molecular weight is 304 g/mol. The molecule has 5 heteroatoms. The Morgan fingerprint density at radius 3 is 2.45 bits per heavy atom. The van der Waals surface area contributed by atoms with Crippen LogP contribution in [0.1, 0.15) is 34.6 Å². The van der Waals surface area contributed by atoms with E-state index in [2.05, 4.69) is 59.7 Å². The van der Waals surface area contributed by atoms with Gasteiger partial charge >= 0.3 is 0 Å². The first kappa shape index (κ1) is 17.0. The number of hydrogen-bond acceptors (Lipinski definition) is 5. The molecule has 0 bridgehead atoms. The molecule has 0 unspecified atom stereocenters. The van der Waals surface area contributed by atoms with Crippen molar-refractivity contribution in [3.8, 4) is 0 Å². The third-order valence-electron chi connectivity index (χ3n) is 3.65. The zero-order chi connectivity index (χ0) is 16.2. The van der Waals surface area contributed by atoms with Crippen molar-refractivity contribution in [1.29, 1.82) is 0 Å². The van der Waals surface area contributed by atoms with Gasteiger partial charge in [-0.3, -0.25) is 4.90 Å². The van der Waals surface area contributed by atoms with Crippen LogP contribution in [0.25, 0.3) is 0 Å². The minimum absolute atomic E-state index is 0.222. The number of hydrogen-bond donors (Lipinski definition) is 1. The molecule has 2 rings (SSSR count). The summed E-state index contributed by atoms with van der Waals surface area (Å²) in [6.45, 7) is 17.2. The van der Waals surface area contributed by atoms with Crippen molar-refractivity contribution in [3.63, 3.8) is 0 Å². The van der Waals surface area contributed by atoms with Gasteiger partial charge in [-0.25, -0.2) is 4.98 Å². The van der Waals surface area contributed by atoms with Gasteiger partial charge in [-0.15, -0.1) is 0 Å². The smallest absolute Gasteiger partial charge is 0.224 e. The van der Waals surface area contributed by atoms with E-state index < -0.39 is 0 Å². The fourth-order valence-electron chi connectivity index (χ4n) is 2.54. The van der Waals surface area contributed by atoms with E-state index in [9.17, 15) is 0 Å². The molecule has 0 saturated carbocycles. The first-order chi connectivity index (χ1) is 10.3. The summed E-state index contributed by atoms with van der Waals surface area (Å²) in [5.41, 5.74) is 0.222. The van der Waals surface area contributed by atoms with Crippen molar-refractivity contribution in [1.82, 2.24) is 14.9 Å². The van der Waals surface area contributed by atoms with Gasteiger partial charge in [0.25, 0.3) is 0 Å². The van der Waals surface area contributed by atoms with Gasteiger partial charge in [0.15, 0.2) is 0 Å². The van der Waals surface area contributed by atoms with Crippen LogP contribution in [0, 0.1) is 11.3 Å². The van der Waals surface area contributed by atoms with Crippen LogP contribution in [0.4, 0.5) is 11.8 Å². The van der Waals surface area contributed by atoms with Gasteiger partial charge in [0.05, 0.1) is 0 Å². The van der Waals surface area contributed by atoms with Crippen molar-refractivity contribution in [2.75, 3.05) is 49.5 Å². The van der Waals surface area contributed by atoms with Crippen molar-refractivity contribution in [2.24, 2.45) is 5.41 Å². The number of aromatic nitrogens is 2. The Kier molecular flexibility index (Phi) is 5.62. The summed E-state index contributed by atoms with van der Waals surface area (Å²) in [6.07, 6.45) is 1.85. The summed E-state index contributed by atoms with van der Waals surface area (Å²) in [5, 5.41) is 3.34. The molecule has 2 heterocycles. The summed E-state index contributed by atoms with van der Waals surface area (Å²) in [4.78, 5) is 13.9. The maximum Gasteiger partial charge on any atom is 0.224 e. The molecule has 5 nitrogen and oxygen atoms in total. The van der Waals surface area contributed by atoms with Crippen molar-refractivity contribution < 1.29 is 0 Å². The Bertz CT molecular complexity index is 458. The van der Waals surface area contributed by atoms with Crippen LogP contribution in [-0.2, 0) is 0 Å². The van der Waals surface area contributed by atoms with E-state index in [1.807, 2.05) is 12.3 Å². The molecule has 22 heavy (non-hydrogen) atoms. The number of nitrogens with zero attached hydrogens (tertiary/aromatic N) is 4. The molecule has 0 atom stereocenters. The molecule has 1 fully saturated rings. The molecular weight excluding hydrogens is 274 g/mol. The highest BCUT2D eigenvalue weighted by Crippen LogP contribution is 2.17. The third kappa shape index (κ3) is 5.44. The Morgan fingerprint density at radius 2 is 1.86 bits per heavy atom. The van der Waals surface area contributed by atoms with Crippen molar-refractivity contribution >= 4 is 11.8 Å². The summed E-state index contributed by atoms with van der Waals surface area (Å²) in [7, 11) is 0. The molecule has 1 aromatic rings. The zero-order valence-electron chi connectivity index (χ0n) is 14.7. The van der Waals surface area contributed by atoms with Gasteiger partial charge in [-0.2, -0.15) is 4.98 Å². The van der Waals surface area contributed by atoms with E-state index in [0.717, 1.165) is 51.0 Å². The van der Waals surface area contributed by atoms with Crippen LogP contribution < -0.4 is 10.2 Å². The molecule has 0 aromatic carbocycles.